The molecule has 2 rings (SSSR count). The topological polar surface area (TPSA) is 50.9 Å². The summed E-state index contributed by atoms with van der Waals surface area (Å²) in [7, 11) is 0. The smallest absolute Gasteiger partial charge is 0.0515 e. The van der Waals surface area contributed by atoms with Gasteiger partial charge >= 0.3 is 0 Å². The second-order valence-corrected chi connectivity index (χ2v) is 4.63. The average Bonchev–Trinajstić information content (AvgIpc) is 2.41. The molecule has 0 saturated carbocycles. The van der Waals surface area contributed by atoms with Gasteiger partial charge in [0, 0.05) is 17.4 Å². The van der Waals surface area contributed by atoms with Crippen LogP contribution in [0.3, 0.4) is 0 Å². The number of halogens is 1. The number of nitrogens with zero attached hydrogens (tertiary/aromatic N) is 1. The highest BCUT2D eigenvalue weighted by atomic mass is 35.5. The van der Waals surface area contributed by atoms with Crippen LogP contribution >= 0.6 is 11.6 Å². The minimum absolute atomic E-state index is 0.000185. The van der Waals surface area contributed by atoms with Crippen LogP contribution in [0.5, 0.6) is 0 Å². The Labute approximate surface area is 112 Å². The van der Waals surface area contributed by atoms with E-state index in [1.165, 1.54) is 5.56 Å². The molecule has 3 nitrogen and oxygen atoms in total. The summed E-state index contributed by atoms with van der Waals surface area (Å²) >= 11 is 6.33. The van der Waals surface area contributed by atoms with Crippen LogP contribution in [-0.2, 0) is 6.42 Å². The fraction of sp³-hybridized carbons (Fsp3) is 0.214. The predicted octanol–water partition coefficient (Wildman–Crippen LogP) is 2.79. The minimum atomic E-state index is -0.000185. The van der Waals surface area contributed by atoms with Crippen LogP contribution in [0.15, 0.2) is 42.7 Å². The summed E-state index contributed by atoms with van der Waals surface area (Å²) in [6.07, 6.45) is 4.34. The Morgan fingerprint density at radius 1 is 1.28 bits per heavy atom. The molecular formula is C14H16ClN3. The van der Waals surface area contributed by atoms with E-state index in [0.29, 0.717) is 0 Å². The molecule has 3 N–H and O–H groups in total. The van der Waals surface area contributed by atoms with Crippen molar-refractivity contribution in [1.29, 1.82) is 0 Å². The molecule has 0 amide bonds. The van der Waals surface area contributed by atoms with Gasteiger partial charge in [-0.15, -0.1) is 0 Å². The van der Waals surface area contributed by atoms with Crippen molar-refractivity contribution < 1.29 is 0 Å². The molecule has 4 heteroatoms. The Balaban J connectivity index is 2.26. The lowest BCUT2D eigenvalue weighted by molar-refractivity contribution is 0.551. The summed E-state index contributed by atoms with van der Waals surface area (Å²) in [5.41, 5.74) is 6.09. The highest BCUT2D eigenvalue weighted by Gasteiger charge is 2.14. The number of hydrogen-bond donors (Lipinski definition) is 2. The third-order valence-electron chi connectivity index (χ3n) is 2.99. The molecule has 1 atom stereocenters. The molecule has 0 saturated heterocycles. The highest BCUT2D eigenvalue weighted by molar-refractivity contribution is 6.32. The third kappa shape index (κ3) is 2.88. The number of aromatic nitrogens is 1. The van der Waals surface area contributed by atoms with Gasteiger partial charge in [0.2, 0.25) is 0 Å². The van der Waals surface area contributed by atoms with Crippen LogP contribution in [0.1, 0.15) is 22.7 Å². The van der Waals surface area contributed by atoms with Gasteiger partial charge < -0.3 is 0 Å². The predicted molar refractivity (Wildman–Crippen MR) is 74.2 cm³/mol. The molecule has 18 heavy (non-hydrogen) atoms. The molecule has 0 aliphatic rings. The average molecular weight is 262 g/mol. The Bertz CT molecular complexity index is 514. The Kier molecular flexibility index (Phi) is 4.31. The van der Waals surface area contributed by atoms with Gasteiger partial charge in [-0.3, -0.25) is 16.3 Å². The van der Waals surface area contributed by atoms with Gasteiger partial charge in [0.15, 0.2) is 0 Å². The second-order valence-electron chi connectivity index (χ2n) is 4.26. The van der Waals surface area contributed by atoms with Gasteiger partial charge in [-0.25, -0.2) is 0 Å². The second kappa shape index (κ2) is 5.96. The van der Waals surface area contributed by atoms with E-state index in [2.05, 4.69) is 10.4 Å². The van der Waals surface area contributed by atoms with Crippen LogP contribution in [0.2, 0.25) is 5.02 Å². The van der Waals surface area contributed by atoms with E-state index in [1.807, 2.05) is 37.3 Å². The first-order valence-electron chi connectivity index (χ1n) is 5.82. The molecule has 1 unspecified atom stereocenters. The maximum Gasteiger partial charge on any atom is 0.0515 e. The summed E-state index contributed by atoms with van der Waals surface area (Å²) in [4.78, 5) is 4.01. The van der Waals surface area contributed by atoms with Crippen molar-refractivity contribution in [3.63, 3.8) is 0 Å². The molecule has 1 aromatic carbocycles. The van der Waals surface area contributed by atoms with Gasteiger partial charge in [-0.2, -0.15) is 0 Å². The largest absolute Gasteiger partial charge is 0.271 e. The quantitative estimate of drug-likeness (QED) is 0.657. The van der Waals surface area contributed by atoms with E-state index in [9.17, 15) is 0 Å². The summed E-state index contributed by atoms with van der Waals surface area (Å²) in [5.74, 6) is 5.65. The number of nitrogens with one attached hydrogen (secondary N) is 1. The van der Waals surface area contributed by atoms with Gasteiger partial charge in [0.25, 0.3) is 0 Å². The van der Waals surface area contributed by atoms with E-state index in [1.54, 1.807) is 12.4 Å². The zero-order chi connectivity index (χ0) is 13.0. The van der Waals surface area contributed by atoms with Crippen molar-refractivity contribution in [1.82, 2.24) is 10.4 Å². The first kappa shape index (κ1) is 13.0. The third-order valence-corrected chi connectivity index (χ3v) is 3.50. The molecule has 1 aromatic heterocycles. The monoisotopic (exact) mass is 261 g/mol. The van der Waals surface area contributed by atoms with Crippen LogP contribution in [0.4, 0.5) is 0 Å². The van der Waals surface area contributed by atoms with Crippen LogP contribution in [-0.4, -0.2) is 4.98 Å². The number of hydrazine groups is 1. The summed E-state index contributed by atoms with van der Waals surface area (Å²) in [6.45, 7) is 1.99. The van der Waals surface area contributed by atoms with Crippen molar-refractivity contribution in [3.8, 4) is 0 Å². The fourth-order valence-electron chi connectivity index (χ4n) is 1.95. The van der Waals surface area contributed by atoms with Gasteiger partial charge in [0.1, 0.15) is 0 Å². The number of rotatable bonds is 4. The van der Waals surface area contributed by atoms with E-state index < -0.39 is 0 Å². The zero-order valence-corrected chi connectivity index (χ0v) is 11.0. The van der Waals surface area contributed by atoms with E-state index in [0.717, 1.165) is 22.6 Å². The lowest BCUT2D eigenvalue weighted by Gasteiger charge is -2.18. The van der Waals surface area contributed by atoms with Crippen molar-refractivity contribution in [2.45, 2.75) is 19.4 Å². The molecule has 0 aliphatic carbocycles. The molecular weight excluding hydrogens is 246 g/mol. The summed E-state index contributed by atoms with van der Waals surface area (Å²) < 4.78 is 0. The molecule has 1 heterocycles. The van der Waals surface area contributed by atoms with Crippen LogP contribution in [0.25, 0.3) is 0 Å². The standard InChI is InChI=1S/C14H16ClN3/c1-10-3-2-4-12(14(10)15)13(18-16)9-11-5-7-17-8-6-11/h2-8,13,18H,9,16H2,1H3. The van der Waals surface area contributed by atoms with Crippen molar-refractivity contribution in [3.05, 3.63) is 64.4 Å². The summed E-state index contributed by atoms with van der Waals surface area (Å²) in [5, 5.41) is 0.773. The normalized spacial score (nSPS) is 12.4. The molecule has 94 valence electrons. The SMILES string of the molecule is Cc1cccc(C(Cc2ccncc2)NN)c1Cl. The number of hydrogen-bond acceptors (Lipinski definition) is 3. The number of benzene rings is 1. The Morgan fingerprint density at radius 2 is 2.00 bits per heavy atom. The van der Waals surface area contributed by atoms with Crippen molar-refractivity contribution in [2.24, 2.45) is 5.84 Å². The molecule has 0 fully saturated rings. The first-order valence-corrected chi connectivity index (χ1v) is 6.20. The molecule has 0 bridgehead atoms. The van der Waals surface area contributed by atoms with E-state index in [-0.39, 0.29) is 6.04 Å². The maximum atomic E-state index is 6.33. The maximum absolute atomic E-state index is 6.33. The van der Waals surface area contributed by atoms with Crippen LogP contribution < -0.4 is 11.3 Å². The van der Waals surface area contributed by atoms with E-state index in [4.69, 9.17) is 17.4 Å². The van der Waals surface area contributed by atoms with Gasteiger partial charge in [-0.1, -0.05) is 29.8 Å². The molecule has 2 aromatic rings. The van der Waals surface area contributed by atoms with Gasteiger partial charge in [0.05, 0.1) is 6.04 Å². The lowest BCUT2D eigenvalue weighted by Crippen LogP contribution is -2.29. The van der Waals surface area contributed by atoms with Crippen molar-refractivity contribution >= 4 is 11.6 Å². The van der Waals surface area contributed by atoms with Crippen molar-refractivity contribution in [2.75, 3.05) is 0 Å². The van der Waals surface area contributed by atoms with Crippen LogP contribution in [0, 0.1) is 6.92 Å². The Hall–Kier alpha value is -1.42. The lowest BCUT2D eigenvalue weighted by atomic mass is 9.98. The van der Waals surface area contributed by atoms with E-state index >= 15 is 0 Å². The minimum Gasteiger partial charge on any atom is -0.271 e. The number of pyridine rings is 1. The summed E-state index contributed by atoms with van der Waals surface area (Å²) in [6, 6.07) is 9.95. The number of nitrogens with two attached hydrogens (primary N) is 1. The molecule has 0 radical (unpaired) electrons. The molecule has 0 spiro atoms. The number of aryl methyl sites for hydroxylation is 1. The first-order chi connectivity index (χ1) is 8.72. The zero-order valence-electron chi connectivity index (χ0n) is 10.2. The molecule has 0 aliphatic heterocycles. The highest BCUT2D eigenvalue weighted by Crippen LogP contribution is 2.27. The fourth-order valence-corrected chi connectivity index (χ4v) is 2.21. The van der Waals surface area contributed by atoms with Gasteiger partial charge in [-0.05, 0) is 42.2 Å². The Morgan fingerprint density at radius 3 is 2.67 bits per heavy atom.